The fraction of sp³-hybridized carbons (Fsp3) is 0.375. The van der Waals surface area contributed by atoms with Gasteiger partial charge in [0.05, 0.1) is 12.1 Å². The third-order valence-corrected chi connectivity index (χ3v) is 3.87. The highest BCUT2D eigenvalue weighted by Crippen LogP contribution is 2.33. The van der Waals surface area contributed by atoms with E-state index in [9.17, 15) is 18.3 Å². The van der Waals surface area contributed by atoms with Crippen LogP contribution in [-0.2, 0) is 12.8 Å². The molecular weight excluding hydrogens is 307 g/mol. The topological polar surface area (TPSA) is 58.0 Å². The normalized spacial score (nSPS) is 20.3. The summed E-state index contributed by atoms with van der Waals surface area (Å²) >= 11 is 0. The molecule has 0 fully saturated rings. The van der Waals surface area contributed by atoms with E-state index < -0.39 is 18.7 Å². The zero-order valence-electron chi connectivity index (χ0n) is 12.2. The number of benzene rings is 1. The van der Waals surface area contributed by atoms with E-state index in [0.717, 1.165) is 11.1 Å². The first-order valence-electron chi connectivity index (χ1n) is 7.33. The number of nitrogens with one attached hydrogen (secondary N) is 1. The number of aliphatic hydroxyl groups is 1. The Morgan fingerprint density at radius 2 is 2.00 bits per heavy atom. The molecule has 2 atom stereocenters. The smallest absolute Gasteiger partial charge is 0.389 e. The molecule has 2 N–H and O–H groups in total. The lowest BCUT2D eigenvalue weighted by atomic mass is 10.1. The summed E-state index contributed by atoms with van der Waals surface area (Å²) in [5.41, 5.74) is 2.33. The largest absolute Gasteiger partial charge is 0.390 e. The maximum Gasteiger partial charge on any atom is 0.389 e. The first-order chi connectivity index (χ1) is 10.9. The van der Waals surface area contributed by atoms with Crippen LogP contribution in [-0.4, -0.2) is 27.4 Å². The van der Waals surface area contributed by atoms with Crippen molar-refractivity contribution in [3.05, 3.63) is 53.3 Å². The van der Waals surface area contributed by atoms with Crippen molar-refractivity contribution in [2.45, 2.75) is 37.6 Å². The molecule has 0 spiro atoms. The lowest BCUT2D eigenvalue weighted by molar-refractivity contribution is -0.134. The third kappa shape index (κ3) is 3.79. The molecule has 4 nitrogen and oxygen atoms in total. The highest BCUT2D eigenvalue weighted by molar-refractivity contribution is 5.42. The molecule has 0 saturated heterocycles. The second kappa shape index (κ2) is 6.16. The van der Waals surface area contributed by atoms with E-state index in [1.807, 2.05) is 24.3 Å². The molecular formula is C16H16F3N3O. The molecule has 0 radical (unpaired) electrons. The minimum absolute atomic E-state index is 0.190. The van der Waals surface area contributed by atoms with Gasteiger partial charge in [0.1, 0.15) is 0 Å². The number of aryl methyl sites for hydroxylation is 1. The van der Waals surface area contributed by atoms with E-state index >= 15 is 0 Å². The van der Waals surface area contributed by atoms with Gasteiger partial charge in [-0.1, -0.05) is 24.3 Å². The molecule has 0 bridgehead atoms. The monoisotopic (exact) mass is 323 g/mol. The molecule has 3 rings (SSSR count). The number of rotatable bonds is 4. The van der Waals surface area contributed by atoms with Crippen LogP contribution in [0.4, 0.5) is 19.1 Å². The van der Waals surface area contributed by atoms with Crippen LogP contribution in [0.3, 0.4) is 0 Å². The minimum Gasteiger partial charge on any atom is -0.390 e. The molecule has 0 aliphatic heterocycles. The van der Waals surface area contributed by atoms with Crippen molar-refractivity contribution < 1.29 is 18.3 Å². The molecule has 122 valence electrons. The Morgan fingerprint density at radius 3 is 2.78 bits per heavy atom. The fourth-order valence-electron chi connectivity index (χ4n) is 2.76. The number of aliphatic hydroxyl groups excluding tert-OH is 1. The maximum atomic E-state index is 12.3. The van der Waals surface area contributed by atoms with Gasteiger partial charge in [0.25, 0.3) is 0 Å². The van der Waals surface area contributed by atoms with Crippen LogP contribution in [0, 0.1) is 0 Å². The SMILES string of the molecule is O[C@H]1Cc2ccccc2[C@H]1Nc1nccc(CCC(F)(F)F)n1. The Bertz CT molecular complexity index is 690. The van der Waals surface area contributed by atoms with Gasteiger partial charge < -0.3 is 10.4 Å². The Morgan fingerprint density at radius 1 is 1.22 bits per heavy atom. The van der Waals surface area contributed by atoms with E-state index in [-0.39, 0.29) is 18.4 Å². The molecule has 1 aromatic carbocycles. The van der Waals surface area contributed by atoms with Crippen LogP contribution >= 0.6 is 0 Å². The van der Waals surface area contributed by atoms with Crippen LogP contribution in [0.25, 0.3) is 0 Å². The number of nitrogens with zero attached hydrogens (tertiary/aromatic N) is 2. The first kappa shape index (κ1) is 15.7. The van der Waals surface area contributed by atoms with Crippen LogP contribution < -0.4 is 5.32 Å². The molecule has 1 aliphatic carbocycles. The van der Waals surface area contributed by atoms with E-state index in [2.05, 4.69) is 15.3 Å². The molecule has 2 aromatic rings. The Labute approximate surface area is 131 Å². The van der Waals surface area contributed by atoms with Gasteiger partial charge in [-0.15, -0.1) is 0 Å². The van der Waals surface area contributed by atoms with E-state index in [0.29, 0.717) is 12.1 Å². The predicted octanol–water partition coefficient (Wildman–Crippen LogP) is 3.04. The number of aromatic nitrogens is 2. The van der Waals surface area contributed by atoms with Crippen LogP contribution in [0.15, 0.2) is 36.5 Å². The van der Waals surface area contributed by atoms with Gasteiger partial charge in [0, 0.05) is 24.7 Å². The summed E-state index contributed by atoms with van der Waals surface area (Å²) in [6, 6.07) is 8.76. The summed E-state index contributed by atoms with van der Waals surface area (Å²) in [4.78, 5) is 8.15. The van der Waals surface area contributed by atoms with Crippen molar-refractivity contribution in [3.8, 4) is 0 Å². The molecule has 0 unspecified atom stereocenters. The third-order valence-electron chi connectivity index (χ3n) is 3.87. The second-order valence-electron chi connectivity index (χ2n) is 5.58. The molecule has 1 aromatic heterocycles. The van der Waals surface area contributed by atoms with Crippen LogP contribution in [0.1, 0.15) is 29.3 Å². The van der Waals surface area contributed by atoms with Gasteiger partial charge in [-0.2, -0.15) is 13.2 Å². The first-order valence-corrected chi connectivity index (χ1v) is 7.33. The number of fused-ring (bicyclic) bond motifs is 1. The predicted molar refractivity (Wildman–Crippen MR) is 78.9 cm³/mol. The number of hydrogen-bond acceptors (Lipinski definition) is 4. The van der Waals surface area contributed by atoms with E-state index in [4.69, 9.17) is 0 Å². The highest BCUT2D eigenvalue weighted by Gasteiger charge is 2.31. The van der Waals surface area contributed by atoms with Crippen molar-refractivity contribution in [3.63, 3.8) is 0 Å². The van der Waals surface area contributed by atoms with Crippen molar-refractivity contribution >= 4 is 5.95 Å². The Balaban J connectivity index is 1.73. The molecule has 1 aliphatic rings. The molecule has 0 amide bonds. The Hall–Kier alpha value is -2.15. The molecule has 1 heterocycles. The van der Waals surface area contributed by atoms with Crippen molar-refractivity contribution in [2.75, 3.05) is 5.32 Å². The molecule has 23 heavy (non-hydrogen) atoms. The van der Waals surface area contributed by atoms with Crippen molar-refractivity contribution in [1.82, 2.24) is 9.97 Å². The van der Waals surface area contributed by atoms with E-state index in [1.165, 1.54) is 12.3 Å². The highest BCUT2D eigenvalue weighted by atomic mass is 19.4. The van der Waals surface area contributed by atoms with Gasteiger partial charge in [-0.3, -0.25) is 0 Å². The lowest BCUT2D eigenvalue weighted by Gasteiger charge is -2.18. The molecule has 0 saturated carbocycles. The van der Waals surface area contributed by atoms with Gasteiger partial charge >= 0.3 is 6.18 Å². The number of halogens is 3. The van der Waals surface area contributed by atoms with Gasteiger partial charge in [0.2, 0.25) is 5.95 Å². The second-order valence-corrected chi connectivity index (χ2v) is 5.58. The molecule has 7 heteroatoms. The zero-order chi connectivity index (χ0) is 16.4. The van der Waals surface area contributed by atoms with Gasteiger partial charge in [-0.05, 0) is 23.6 Å². The standard InChI is InChI=1S/C16H16F3N3O/c17-16(18,19)7-5-11-6-8-20-15(21-11)22-14-12-4-2-1-3-10(12)9-13(14)23/h1-4,6,8,13-14,23H,5,7,9H2,(H,20,21,22)/t13-,14+/m0/s1. The van der Waals surface area contributed by atoms with Crippen molar-refractivity contribution in [2.24, 2.45) is 0 Å². The summed E-state index contributed by atoms with van der Waals surface area (Å²) in [5, 5.41) is 13.2. The van der Waals surface area contributed by atoms with E-state index in [1.54, 1.807) is 0 Å². The number of alkyl halides is 3. The average Bonchev–Trinajstić information content (AvgIpc) is 2.81. The van der Waals surface area contributed by atoms with Gasteiger partial charge in [-0.25, -0.2) is 9.97 Å². The summed E-state index contributed by atoms with van der Waals surface area (Å²) in [5.74, 6) is 0.227. The maximum absolute atomic E-state index is 12.3. The summed E-state index contributed by atoms with van der Waals surface area (Å²) < 4.78 is 36.9. The lowest BCUT2D eigenvalue weighted by Crippen LogP contribution is -2.22. The summed E-state index contributed by atoms with van der Waals surface area (Å²) in [6.45, 7) is 0. The van der Waals surface area contributed by atoms with Crippen LogP contribution in [0.5, 0.6) is 0 Å². The number of hydrogen-bond donors (Lipinski definition) is 2. The minimum atomic E-state index is -4.21. The summed E-state index contributed by atoms with van der Waals surface area (Å²) in [7, 11) is 0. The number of anilines is 1. The average molecular weight is 323 g/mol. The zero-order valence-corrected chi connectivity index (χ0v) is 12.2. The summed E-state index contributed by atoms with van der Waals surface area (Å²) in [6.07, 6.45) is -3.98. The van der Waals surface area contributed by atoms with Gasteiger partial charge in [0.15, 0.2) is 0 Å². The Kier molecular flexibility index (Phi) is 4.21. The van der Waals surface area contributed by atoms with Crippen molar-refractivity contribution in [1.29, 1.82) is 0 Å². The van der Waals surface area contributed by atoms with Crippen LogP contribution in [0.2, 0.25) is 0 Å². The fourth-order valence-corrected chi connectivity index (χ4v) is 2.76. The quantitative estimate of drug-likeness (QED) is 0.908.